The van der Waals surface area contributed by atoms with E-state index in [4.69, 9.17) is 9.84 Å². The van der Waals surface area contributed by atoms with Gasteiger partial charge in [0.25, 0.3) is 0 Å². The van der Waals surface area contributed by atoms with E-state index in [1.54, 1.807) is 0 Å². The van der Waals surface area contributed by atoms with Crippen LogP contribution in [0.15, 0.2) is 0 Å². The molecule has 0 amide bonds. The first-order valence-electron chi connectivity index (χ1n) is 12.3. The molecular formula is C24H44O8. The van der Waals surface area contributed by atoms with Crippen LogP contribution in [0.4, 0.5) is 0 Å². The second-order valence-corrected chi connectivity index (χ2v) is 8.43. The third-order valence-electron chi connectivity index (χ3n) is 5.23. The number of unbranched alkanes of at least 4 members (excludes halogenated alkanes) is 13. The van der Waals surface area contributed by atoms with Crippen molar-refractivity contribution in [2.75, 3.05) is 13.2 Å². The van der Waals surface area contributed by atoms with Crippen molar-refractivity contribution in [1.29, 1.82) is 0 Å². The number of carbonyl (C=O) groups is 3. The Kier molecular flexibility index (Phi) is 20.1. The molecule has 3 N–H and O–H groups in total. The number of rotatable bonds is 22. The minimum atomic E-state index is -1.79. The molecule has 0 heterocycles. The molecule has 0 aliphatic carbocycles. The Morgan fingerprint density at radius 3 is 1.59 bits per heavy atom. The maximum atomic E-state index is 11.7. The molecule has 0 aromatic carbocycles. The van der Waals surface area contributed by atoms with Crippen LogP contribution in [0, 0.1) is 0 Å². The summed E-state index contributed by atoms with van der Waals surface area (Å²) in [6, 6.07) is 0. The van der Waals surface area contributed by atoms with Crippen LogP contribution in [-0.4, -0.2) is 58.6 Å². The van der Waals surface area contributed by atoms with Crippen molar-refractivity contribution in [3.63, 3.8) is 0 Å². The smallest absolute Gasteiger partial charge is 0.335 e. The van der Waals surface area contributed by atoms with Crippen molar-refractivity contribution >= 4 is 17.9 Å². The van der Waals surface area contributed by atoms with E-state index in [-0.39, 0.29) is 13.0 Å². The molecule has 0 rings (SSSR count). The van der Waals surface area contributed by atoms with Gasteiger partial charge in [0.2, 0.25) is 0 Å². The molecule has 0 bridgehead atoms. The zero-order valence-corrected chi connectivity index (χ0v) is 19.8. The molecule has 0 aromatic heterocycles. The number of hydrogen-bond donors (Lipinski definition) is 3. The van der Waals surface area contributed by atoms with E-state index in [0.29, 0.717) is 0 Å². The van der Waals surface area contributed by atoms with E-state index in [0.717, 1.165) is 19.3 Å². The molecule has 2 unspecified atom stereocenters. The van der Waals surface area contributed by atoms with Gasteiger partial charge >= 0.3 is 17.9 Å². The number of carboxylic acids is 1. The molecular weight excluding hydrogens is 416 g/mol. The van der Waals surface area contributed by atoms with Crippen molar-refractivity contribution in [1.82, 2.24) is 0 Å². The van der Waals surface area contributed by atoms with Gasteiger partial charge in [0.05, 0.1) is 6.42 Å². The molecule has 8 nitrogen and oxygen atoms in total. The molecule has 0 saturated heterocycles. The van der Waals surface area contributed by atoms with E-state index in [9.17, 15) is 24.6 Å². The molecule has 0 aliphatic rings. The van der Waals surface area contributed by atoms with Gasteiger partial charge < -0.3 is 24.8 Å². The topological polar surface area (TPSA) is 130 Å². The highest BCUT2D eigenvalue weighted by Crippen LogP contribution is 2.13. The van der Waals surface area contributed by atoms with Gasteiger partial charge in [-0.1, -0.05) is 90.4 Å². The molecule has 188 valence electrons. The highest BCUT2D eigenvalue weighted by molar-refractivity contribution is 5.80. The van der Waals surface area contributed by atoms with Crippen LogP contribution in [0.2, 0.25) is 0 Å². The summed E-state index contributed by atoms with van der Waals surface area (Å²) in [4.78, 5) is 33.4. The summed E-state index contributed by atoms with van der Waals surface area (Å²) in [5.74, 6) is -2.90. The van der Waals surface area contributed by atoms with Crippen molar-refractivity contribution in [3.8, 4) is 0 Å². The van der Waals surface area contributed by atoms with Gasteiger partial charge in [0, 0.05) is 6.42 Å². The average Bonchev–Trinajstić information content (AvgIpc) is 2.75. The lowest BCUT2D eigenvalue weighted by atomic mass is 10.0. The van der Waals surface area contributed by atoms with Crippen LogP contribution in [0.3, 0.4) is 0 Å². The zero-order chi connectivity index (χ0) is 24.0. The summed E-state index contributed by atoms with van der Waals surface area (Å²) in [6.45, 7) is 1.44. The third-order valence-corrected chi connectivity index (χ3v) is 5.23. The normalized spacial score (nSPS) is 12.8. The van der Waals surface area contributed by atoms with Gasteiger partial charge in [-0.2, -0.15) is 0 Å². The predicted octanol–water partition coefficient (Wildman–Crippen LogP) is 4.14. The van der Waals surface area contributed by atoms with Gasteiger partial charge in [0.1, 0.15) is 19.3 Å². The molecule has 0 saturated carbocycles. The Bertz CT molecular complexity index is 494. The van der Waals surface area contributed by atoms with Crippen molar-refractivity contribution < 1.29 is 39.2 Å². The monoisotopic (exact) mass is 460 g/mol. The van der Waals surface area contributed by atoms with E-state index in [1.165, 1.54) is 70.6 Å². The fourth-order valence-electron chi connectivity index (χ4n) is 3.30. The first kappa shape index (κ1) is 30.3. The second-order valence-electron chi connectivity index (χ2n) is 8.43. The molecule has 0 aromatic rings. The lowest BCUT2D eigenvalue weighted by molar-refractivity contribution is -0.162. The molecule has 0 spiro atoms. The summed E-state index contributed by atoms with van der Waals surface area (Å²) in [6.07, 6.45) is 13.8. The summed E-state index contributed by atoms with van der Waals surface area (Å²) in [5.41, 5.74) is 0. The Labute approximate surface area is 192 Å². The molecule has 32 heavy (non-hydrogen) atoms. The van der Waals surface area contributed by atoms with Crippen LogP contribution in [0.1, 0.15) is 110 Å². The van der Waals surface area contributed by atoms with Gasteiger partial charge in [-0.3, -0.25) is 9.59 Å². The SMILES string of the molecule is CCCCCCCCCCCCCCCCC(=O)OCC(O)COC(=O)C(O)CC(=O)O. The van der Waals surface area contributed by atoms with Crippen LogP contribution in [0.25, 0.3) is 0 Å². The second kappa shape index (κ2) is 21.2. The van der Waals surface area contributed by atoms with E-state index in [1.807, 2.05) is 0 Å². The zero-order valence-electron chi connectivity index (χ0n) is 19.8. The average molecular weight is 461 g/mol. The Balaban J connectivity index is 3.47. The number of aliphatic carboxylic acids is 1. The highest BCUT2D eigenvalue weighted by Gasteiger charge is 2.21. The van der Waals surface area contributed by atoms with E-state index in [2.05, 4.69) is 11.7 Å². The number of ether oxygens (including phenoxy) is 2. The molecule has 0 aliphatic heterocycles. The molecule has 2 atom stereocenters. The summed E-state index contributed by atoms with van der Waals surface area (Å²) < 4.78 is 9.53. The standard InChI is InChI=1S/C24H44O8/c1-2-3-4-5-6-7-8-9-10-11-12-13-14-15-16-23(29)31-18-20(25)19-32-24(30)21(26)17-22(27)28/h20-21,25-26H,2-19H2,1H3,(H,27,28). The Morgan fingerprint density at radius 2 is 1.12 bits per heavy atom. The Morgan fingerprint density at radius 1 is 0.688 bits per heavy atom. The number of aliphatic hydroxyl groups excluding tert-OH is 2. The highest BCUT2D eigenvalue weighted by atomic mass is 16.6. The molecule has 0 radical (unpaired) electrons. The number of hydrogen-bond acceptors (Lipinski definition) is 7. The summed E-state index contributed by atoms with van der Waals surface area (Å²) >= 11 is 0. The maximum absolute atomic E-state index is 11.7. The Hall–Kier alpha value is -1.67. The van der Waals surface area contributed by atoms with Crippen LogP contribution < -0.4 is 0 Å². The fourth-order valence-corrected chi connectivity index (χ4v) is 3.30. The van der Waals surface area contributed by atoms with Crippen molar-refractivity contribution in [3.05, 3.63) is 0 Å². The van der Waals surface area contributed by atoms with Crippen LogP contribution in [0.5, 0.6) is 0 Å². The van der Waals surface area contributed by atoms with E-state index < -0.39 is 43.1 Å². The van der Waals surface area contributed by atoms with Gasteiger partial charge in [0.15, 0.2) is 6.10 Å². The van der Waals surface area contributed by atoms with Crippen LogP contribution in [-0.2, 0) is 23.9 Å². The minimum absolute atomic E-state index is 0.280. The molecule has 8 heteroatoms. The van der Waals surface area contributed by atoms with Crippen molar-refractivity contribution in [2.45, 2.75) is 122 Å². The first-order valence-corrected chi connectivity index (χ1v) is 12.3. The lowest BCUT2D eigenvalue weighted by Crippen LogP contribution is -2.31. The number of carboxylic acid groups (broad SMARTS) is 1. The number of carbonyl (C=O) groups excluding carboxylic acids is 2. The number of esters is 2. The predicted molar refractivity (Wildman–Crippen MR) is 121 cm³/mol. The largest absolute Gasteiger partial charge is 0.481 e. The lowest BCUT2D eigenvalue weighted by Gasteiger charge is -2.13. The van der Waals surface area contributed by atoms with Gasteiger partial charge in [-0.05, 0) is 6.42 Å². The third kappa shape index (κ3) is 20.2. The van der Waals surface area contributed by atoms with Crippen LogP contribution >= 0.6 is 0 Å². The minimum Gasteiger partial charge on any atom is -0.481 e. The van der Waals surface area contributed by atoms with E-state index >= 15 is 0 Å². The molecule has 0 fully saturated rings. The summed E-state index contributed by atoms with van der Waals surface area (Å²) in [5, 5.41) is 27.4. The number of aliphatic hydroxyl groups is 2. The van der Waals surface area contributed by atoms with Gasteiger partial charge in [-0.15, -0.1) is 0 Å². The quantitative estimate of drug-likeness (QED) is 0.162. The maximum Gasteiger partial charge on any atom is 0.335 e. The van der Waals surface area contributed by atoms with Crippen molar-refractivity contribution in [2.24, 2.45) is 0 Å². The fraction of sp³-hybridized carbons (Fsp3) is 0.875. The summed E-state index contributed by atoms with van der Waals surface area (Å²) in [7, 11) is 0. The first-order chi connectivity index (χ1) is 15.4. The van der Waals surface area contributed by atoms with Gasteiger partial charge in [-0.25, -0.2) is 4.79 Å².